The summed E-state index contributed by atoms with van der Waals surface area (Å²) in [5.41, 5.74) is -0.974. The van der Waals surface area contributed by atoms with Crippen LogP contribution in [0.2, 0.25) is 5.02 Å². The van der Waals surface area contributed by atoms with Gasteiger partial charge in [0.05, 0.1) is 44.9 Å². The molecule has 0 bridgehead atoms. The lowest BCUT2D eigenvalue weighted by Gasteiger charge is -2.25. The number of halogens is 8. The van der Waals surface area contributed by atoms with Crippen molar-refractivity contribution in [3.63, 3.8) is 0 Å². The van der Waals surface area contributed by atoms with Gasteiger partial charge in [-0.2, -0.15) is 13.2 Å². The highest BCUT2D eigenvalue weighted by molar-refractivity contribution is 6.37. The summed E-state index contributed by atoms with van der Waals surface area (Å²) in [6.45, 7) is 8.25. The zero-order chi connectivity index (χ0) is 32.5. The van der Waals surface area contributed by atoms with Gasteiger partial charge in [0.2, 0.25) is 5.62 Å². The van der Waals surface area contributed by atoms with Crippen molar-refractivity contribution >= 4 is 55.4 Å². The van der Waals surface area contributed by atoms with E-state index in [0.717, 1.165) is 27.3 Å². The normalized spacial score (nSPS) is 15.1. The summed E-state index contributed by atoms with van der Waals surface area (Å²) in [5, 5.41) is 13.0. The molecule has 5 rings (SSSR count). The summed E-state index contributed by atoms with van der Waals surface area (Å²) >= 11 is 6.45. The average molecular weight is 630 g/mol. The molecule has 4 radical (unpaired) electrons. The van der Waals surface area contributed by atoms with Crippen LogP contribution in [-0.2, 0) is 18.1 Å². The van der Waals surface area contributed by atoms with E-state index in [1.54, 1.807) is 0 Å². The SMILES string of the molecule is [B]C([B])(C)n1c(=N)n(CC(F)F)c2cc(NC(=C)c3cc(F)cc(C(F)(F)F)c3)c3c(c21)C(=C)NC3c1cc(F)ccc1Cl. The van der Waals surface area contributed by atoms with E-state index >= 15 is 0 Å². The second-order valence-corrected chi connectivity index (χ2v) is 10.9. The number of hydrogen-bond donors (Lipinski definition) is 3. The van der Waals surface area contributed by atoms with Gasteiger partial charge in [-0.1, -0.05) is 31.7 Å². The van der Waals surface area contributed by atoms with Crippen molar-refractivity contribution in [3.05, 3.63) is 106 Å². The predicted molar refractivity (Wildman–Crippen MR) is 156 cm³/mol. The van der Waals surface area contributed by atoms with Gasteiger partial charge >= 0.3 is 6.18 Å². The quantitative estimate of drug-likeness (QED) is 0.155. The number of anilines is 1. The van der Waals surface area contributed by atoms with E-state index in [9.17, 15) is 30.7 Å². The van der Waals surface area contributed by atoms with Gasteiger partial charge in [-0.25, -0.2) is 17.6 Å². The molecule has 0 spiro atoms. The summed E-state index contributed by atoms with van der Waals surface area (Å²) in [6.07, 6.45) is -7.76. The zero-order valence-electron chi connectivity index (χ0n) is 22.9. The molecule has 3 N–H and O–H groups in total. The third-order valence-electron chi connectivity index (χ3n) is 7.14. The Morgan fingerprint density at radius 3 is 2.41 bits per heavy atom. The molecule has 15 heteroatoms. The van der Waals surface area contributed by atoms with Crippen molar-refractivity contribution in [1.29, 1.82) is 5.41 Å². The molecule has 224 valence electrons. The molecular formula is C29H21B2ClF7N5. The van der Waals surface area contributed by atoms with Crippen LogP contribution < -0.4 is 16.3 Å². The smallest absolute Gasteiger partial charge is 0.374 e. The standard InChI is InChI=1S/C29H21B2ClF7N5/c1-12(14-6-15(29(37,38)39)8-17(34)7-14)41-20-10-21-26(44(28(3,30)31)27(40)43(21)11-22(35)36)23-13(2)42-25(24(20)23)18-9-16(33)4-5-19(18)32/h4-10,22,25,40-42H,1-2,11H2,3H3. The van der Waals surface area contributed by atoms with E-state index in [4.69, 9.17) is 32.7 Å². The number of alkyl halides is 5. The summed E-state index contributed by atoms with van der Waals surface area (Å²) in [4.78, 5) is 0. The number of nitrogens with one attached hydrogen (secondary N) is 3. The molecule has 1 unspecified atom stereocenters. The number of imidazole rings is 1. The Kier molecular flexibility index (Phi) is 7.72. The molecule has 0 aliphatic carbocycles. The first kappa shape index (κ1) is 31.4. The van der Waals surface area contributed by atoms with Crippen LogP contribution >= 0.6 is 11.6 Å². The lowest BCUT2D eigenvalue weighted by atomic mass is 9.63. The highest BCUT2D eigenvalue weighted by Gasteiger charge is 2.37. The summed E-state index contributed by atoms with van der Waals surface area (Å²) < 4.78 is 98.6. The van der Waals surface area contributed by atoms with Crippen LogP contribution in [0, 0.1) is 17.0 Å². The molecule has 1 aromatic heterocycles. The number of rotatable bonds is 7. The van der Waals surface area contributed by atoms with Crippen molar-refractivity contribution in [2.75, 3.05) is 5.32 Å². The van der Waals surface area contributed by atoms with Crippen molar-refractivity contribution < 1.29 is 30.7 Å². The molecule has 0 saturated heterocycles. The van der Waals surface area contributed by atoms with E-state index < -0.39 is 53.3 Å². The van der Waals surface area contributed by atoms with Crippen LogP contribution in [-0.4, -0.2) is 31.3 Å². The average Bonchev–Trinajstić information content (AvgIpc) is 3.38. The van der Waals surface area contributed by atoms with Gasteiger partial charge in [0.25, 0.3) is 6.43 Å². The number of hydrogen-bond acceptors (Lipinski definition) is 3. The van der Waals surface area contributed by atoms with Crippen LogP contribution in [0.15, 0.2) is 55.6 Å². The van der Waals surface area contributed by atoms with Crippen molar-refractivity contribution in [2.24, 2.45) is 0 Å². The lowest BCUT2D eigenvalue weighted by Crippen LogP contribution is -2.40. The van der Waals surface area contributed by atoms with E-state index in [2.05, 4.69) is 23.8 Å². The Balaban J connectivity index is 1.83. The van der Waals surface area contributed by atoms with E-state index in [1.807, 2.05) is 0 Å². The lowest BCUT2D eigenvalue weighted by molar-refractivity contribution is -0.137. The Hall–Kier alpha value is -4.06. The van der Waals surface area contributed by atoms with Crippen LogP contribution in [0.5, 0.6) is 0 Å². The Labute approximate surface area is 254 Å². The molecule has 0 saturated carbocycles. The minimum Gasteiger partial charge on any atom is -0.374 e. The van der Waals surface area contributed by atoms with E-state index in [1.165, 1.54) is 19.1 Å². The predicted octanol–water partition coefficient (Wildman–Crippen LogP) is 6.85. The van der Waals surface area contributed by atoms with Crippen molar-refractivity contribution in [2.45, 2.75) is 37.4 Å². The molecule has 44 heavy (non-hydrogen) atoms. The van der Waals surface area contributed by atoms with Gasteiger partial charge in [-0.15, -0.1) is 0 Å². The van der Waals surface area contributed by atoms with Crippen LogP contribution in [0.3, 0.4) is 0 Å². The zero-order valence-corrected chi connectivity index (χ0v) is 23.6. The molecule has 3 aromatic carbocycles. The summed E-state index contributed by atoms with van der Waals surface area (Å²) in [5.74, 6) is -1.80. The van der Waals surface area contributed by atoms with E-state index in [-0.39, 0.29) is 55.4 Å². The number of fused-ring (bicyclic) bond motifs is 3. The highest BCUT2D eigenvalue weighted by Crippen LogP contribution is 2.47. The Morgan fingerprint density at radius 2 is 1.80 bits per heavy atom. The first-order valence-electron chi connectivity index (χ1n) is 12.9. The number of aromatic nitrogens is 2. The van der Waals surface area contributed by atoms with Gasteiger partial charge in [0, 0.05) is 44.4 Å². The molecule has 0 amide bonds. The largest absolute Gasteiger partial charge is 0.416 e. The second kappa shape index (κ2) is 10.8. The Morgan fingerprint density at radius 1 is 1.11 bits per heavy atom. The first-order chi connectivity index (χ1) is 20.4. The third kappa shape index (κ3) is 5.51. The highest BCUT2D eigenvalue weighted by atomic mass is 35.5. The summed E-state index contributed by atoms with van der Waals surface area (Å²) in [7, 11) is 12.4. The number of nitrogens with zero attached hydrogens (tertiary/aromatic N) is 2. The molecule has 4 aromatic rings. The van der Waals surface area contributed by atoms with Gasteiger partial charge < -0.3 is 19.8 Å². The van der Waals surface area contributed by atoms with Crippen LogP contribution in [0.4, 0.5) is 36.4 Å². The molecule has 1 atom stereocenters. The number of benzene rings is 3. The van der Waals surface area contributed by atoms with Crippen molar-refractivity contribution in [3.8, 4) is 0 Å². The minimum atomic E-state index is -4.86. The monoisotopic (exact) mass is 629 g/mol. The van der Waals surface area contributed by atoms with Crippen molar-refractivity contribution in [1.82, 2.24) is 14.5 Å². The molecule has 5 nitrogen and oxygen atoms in total. The fourth-order valence-corrected chi connectivity index (χ4v) is 5.62. The van der Waals surface area contributed by atoms with Gasteiger partial charge in [0.1, 0.15) is 11.6 Å². The fourth-order valence-electron chi connectivity index (χ4n) is 5.40. The van der Waals surface area contributed by atoms with Gasteiger partial charge in [-0.05, 0) is 47.8 Å². The Bertz CT molecular complexity index is 1910. The minimum absolute atomic E-state index is 0.0376. The molecule has 2 heterocycles. The molecule has 0 fully saturated rings. The maximum absolute atomic E-state index is 14.4. The van der Waals surface area contributed by atoms with E-state index in [0.29, 0.717) is 12.1 Å². The molecule has 1 aliphatic rings. The third-order valence-corrected chi connectivity index (χ3v) is 7.49. The first-order valence-corrected chi connectivity index (χ1v) is 13.2. The van der Waals surface area contributed by atoms with Crippen LogP contribution in [0.1, 0.15) is 40.8 Å². The summed E-state index contributed by atoms with van der Waals surface area (Å²) in [6, 6.07) is 5.90. The van der Waals surface area contributed by atoms with Gasteiger partial charge in [-0.3, -0.25) is 5.41 Å². The maximum Gasteiger partial charge on any atom is 0.416 e. The fraction of sp³-hybridized carbons (Fsp3) is 0.207. The second-order valence-electron chi connectivity index (χ2n) is 10.5. The maximum atomic E-state index is 14.4. The van der Waals surface area contributed by atoms with Gasteiger partial charge in [0.15, 0.2) is 0 Å². The van der Waals surface area contributed by atoms with Crippen LogP contribution in [0.25, 0.3) is 22.4 Å². The topological polar surface area (TPSA) is 57.8 Å². The molecule has 1 aliphatic heterocycles. The molecular weight excluding hydrogens is 608 g/mol.